The highest BCUT2D eigenvalue weighted by molar-refractivity contribution is 14.0. The van der Waals surface area contributed by atoms with Crippen molar-refractivity contribution >= 4 is 41.5 Å². The van der Waals surface area contributed by atoms with Gasteiger partial charge in [-0.2, -0.15) is 0 Å². The number of aryl methyl sites for hydroxylation is 1. The van der Waals surface area contributed by atoms with Crippen LogP contribution in [-0.4, -0.2) is 36.6 Å². The number of methoxy groups -OCH3 is 1. The Morgan fingerprint density at radius 3 is 2.69 bits per heavy atom. The van der Waals surface area contributed by atoms with Crippen molar-refractivity contribution in [3.8, 4) is 0 Å². The molecule has 0 atom stereocenters. The van der Waals surface area contributed by atoms with E-state index in [9.17, 15) is 4.39 Å². The van der Waals surface area contributed by atoms with Gasteiger partial charge in [-0.1, -0.05) is 17.7 Å². The molecule has 2 aromatic rings. The Hall–Kier alpha value is -1.32. The second-order valence-electron chi connectivity index (χ2n) is 5.88. The molecule has 1 heterocycles. The summed E-state index contributed by atoms with van der Waals surface area (Å²) < 4.78 is 20.7. The van der Waals surface area contributed by atoms with Crippen molar-refractivity contribution in [2.45, 2.75) is 19.7 Å². The Bertz CT molecular complexity index is 751. The number of guanidine groups is 1. The van der Waals surface area contributed by atoms with Gasteiger partial charge in [0.05, 0.1) is 18.2 Å². The second kappa shape index (κ2) is 10.7. The molecule has 0 aliphatic heterocycles. The number of rotatable bonds is 6. The Morgan fingerprint density at radius 1 is 1.38 bits per heavy atom. The molecule has 26 heavy (non-hydrogen) atoms. The first-order valence-corrected chi connectivity index (χ1v) is 8.31. The molecule has 0 fully saturated rings. The number of hydrogen-bond donors (Lipinski definition) is 1. The molecule has 8 heteroatoms. The van der Waals surface area contributed by atoms with Gasteiger partial charge in [-0.25, -0.2) is 4.39 Å². The van der Waals surface area contributed by atoms with Crippen LogP contribution in [0.5, 0.6) is 0 Å². The molecule has 1 N–H and O–H groups in total. The molecule has 2 rings (SSSR count). The van der Waals surface area contributed by atoms with Gasteiger partial charge in [-0.3, -0.25) is 4.99 Å². The average Bonchev–Trinajstić information content (AvgIpc) is 2.88. The van der Waals surface area contributed by atoms with E-state index in [0.29, 0.717) is 23.7 Å². The minimum absolute atomic E-state index is 0. The molecule has 0 saturated heterocycles. The normalized spacial score (nSPS) is 11.2. The third-order valence-corrected chi connectivity index (χ3v) is 4.11. The fourth-order valence-electron chi connectivity index (χ4n) is 2.61. The predicted octanol–water partition coefficient (Wildman–Crippen LogP) is 3.79. The zero-order valence-corrected chi connectivity index (χ0v) is 18.5. The van der Waals surface area contributed by atoms with Crippen LogP contribution in [0, 0.1) is 5.82 Å². The van der Waals surface area contributed by atoms with Crippen molar-refractivity contribution in [3.63, 3.8) is 0 Å². The fourth-order valence-corrected chi connectivity index (χ4v) is 2.88. The first-order valence-electron chi connectivity index (χ1n) is 7.93. The van der Waals surface area contributed by atoms with Crippen LogP contribution in [0.25, 0.3) is 0 Å². The number of benzene rings is 1. The summed E-state index contributed by atoms with van der Waals surface area (Å²) in [7, 11) is 7.20. The van der Waals surface area contributed by atoms with Crippen molar-refractivity contribution in [1.82, 2.24) is 14.8 Å². The van der Waals surface area contributed by atoms with E-state index in [2.05, 4.69) is 10.3 Å². The minimum Gasteiger partial charge on any atom is -0.380 e. The van der Waals surface area contributed by atoms with Crippen LogP contribution < -0.4 is 5.32 Å². The quantitative estimate of drug-likeness (QED) is 0.377. The lowest BCUT2D eigenvalue weighted by Gasteiger charge is -2.22. The standard InChI is InChI=1S/C18H24ClFN4O.HI/c1-21-18(24(3)11-16-8-15(19)10-23(16)2)22-9-13-5-6-17(20)14(7-13)12-25-4;/h5-8,10H,9,11-12H2,1-4H3,(H,21,22);1H. The molecule has 0 aliphatic carbocycles. The molecule has 0 aliphatic rings. The van der Waals surface area contributed by atoms with Crippen molar-refractivity contribution < 1.29 is 9.13 Å². The van der Waals surface area contributed by atoms with Crippen molar-refractivity contribution in [2.75, 3.05) is 21.2 Å². The van der Waals surface area contributed by atoms with Gasteiger partial charge in [0.2, 0.25) is 0 Å². The molecule has 0 bridgehead atoms. The highest BCUT2D eigenvalue weighted by atomic mass is 127. The van der Waals surface area contributed by atoms with E-state index < -0.39 is 0 Å². The molecule has 0 amide bonds. The molecule has 144 valence electrons. The van der Waals surface area contributed by atoms with Gasteiger partial charge in [-0.15, -0.1) is 24.0 Å². The number of nitrogens with one attached hydrogen (secondary N) is 1. The monoisotopic (exact) mass is 494 g/mol. The van der Waals surface area contributed by atoms with Crippen molar-refractivity contribution in [1.29, 1.82) is 0 Å². The zero-order chi connectivity index (χ0) is 18.4. The van der Waals surface area contributed by atoms with E-state index in [4.69, 9.17) is 16.3 Å². The Balaban J connectivity index is 0.00000338. The van der Waals surface area contributed by atoms with Gasteiger partial charge in [0, 0.05) is 52.3 Å². The van der Waals surface area contributed by atoms with E-state index in [1.54, 1.807) is 26.3 Å². The molecule has 0 unspecified atom stereocenters. The lowest BCUT2D eigenvalue weighted by atomic mass is 10.1. The van der Waals surface area contributed by atoms with E-state index in [1.165, 1.54) is 6.07 Å². The maximum absolute atomic E-state index is 13.7. The summed E-state index contributed by atoms with van der Waals surface area (Å²) in [5.41, 5.74) is 2.59. The van der Waals surface area contributed by atoms with Gasteiger partial charge < -0.3 is 19.5 Å². The Morgan fingerprint density at radius 2 is 2.12 bits per heavy atom. The number of halogens is 3. The molecular formula is C18H25ClFIN4O. The lowest BCUT2D eigenvalue weighted by molar-refractivity contribution is 0.181. The number of hydrogen-bond acceptors (Lipinski definition) is 2. The summed E-state index contributed by atoms with van der Waals surface area (Å²) in [6.07, 6.45) is 1.87. The first kappa shape index (κ1) is 22.7. The van der Waals surface area contributed by atoms with Crippen LogP contribution >= 0.6 is 35.6 Å². The Labute approximate surface area is 176 Å². The largest absolute Gasteiger partial charge is 0.380 e. The maximum atomic E-state index is 13.7. The summed E-state index contributed by atoms with van der Waals surface area (Å²) >= 11 is 6.03. The molecule has 5 nitrogen and oxygen atoms in total. The van der Waals surface area contributed by atoms with Crippen LogP contribution in [0.4, 0.5) is 4.39 Å². The van der Waals surface area contributed by atoms with Gasteiger partial charge in [-0.05, 0) is 23.8 Å². The summed E-state index contributed by atoms with van der Waals surface area (Å²) in [6.45, 7) is 1.46. The number of aliphatic imine (C=N–C) groups is 1. The Kier molecular flexibility index (Phi) is 9.38. The van der Waals surface area contributed by atoms with E-state index in [1.807, 2.05) is 35.8 Å². The summed E-state index contributed by atoms with van der Waals surface area (Å²) in [5.74, 6) is 0.489. The number of nitrogens with zero attached hydrogens (tertiary/aromatic N) is 3. The molecule has 1 aromatic heterocycles. The smallest absolute Gasteiger partial charge is 0.194 e. The molecule has 0 saturated carbocycles. The van der Waals surface area contributed by atoms with Crippen molar-refractivity contribution in [3.05, 3.63) is 58.1 Å². The number of ether oxygens (including phenoxy) is 1. The van der Waals surface area contributed by atoms with Gasteiger partial charge in [0.15, 0.2) is 5.96 Å². The van der Waals surface area contributed by atoms with Crippen LogP contribution in [0.3, 0.4) is 0 Å². The van der Waals surface area contributed by atoms with Gasteiger partial charge in [0.25, 0.3) is 0 Å². The van der Waals surface area contributed by atoms with Crippen LogP contribution in [0.2, 0.25) is 5.02 Å². The predicted molar refractivity (Wildman–Crippen MR) is 115 cm³/mol. The van der Waals surface area contributed by atoms with Crippen LogP contribution in [-0.2, 0) is 31.5 Å². The first-order chi connectivity index (χ1) is 11.9. The summed E-state index contributed by atoms with van der Waals surface area (Å²) in [4.78, 5) is 6.31. The molecule has 0 spiro atoms. The van der Waals surface area contributed by atoms with E-state index in [0.717, 1.165) is 17.2 Å². The fraction of sp³-hybridized carbons (Fsp3) is 0.389. The van der Waals surface area contributed by atoms with E-state index >= 15 is 0 Å². The third kappa shape index (κ3) is 6.14. The molecule has 1 aromatic carbocycles. The second-order valence-corrected chi connectivity index (χ2v) is 6.31. The third-order valence-electron chi connectivity index (χ3n) is 3.91. The van der Waals surface area contributed by atoms with E-state index in [-0.39, 0.29) is 36.4 Å². The van der Waals surface area contributed by atoms with Gasteiger partial charge >= 0.3 is 0 Å². The SMILES string of the molecule is CN=C(NCc1ccc(F)c(COC)c1)N(C)Cc1cc(Cl)cn1C.I. The van der Waals surface area contributed by atoms with Gasteiger partial charge in [0.1, 0.15) is 5.82 Å². The minimum atomic E-state index is -0.257. The molecule has 0 radical (unpaired) electrons. The van der Waals surface area contributed by atoms with Crippen LogP contribution in [0.1, 0.15) is 16.8 Å². The van der Waals surface area contributed by atoms with Crippen molar-refractivity contribution in [2.24, 2.45) is 12.0 Å². The highest BCUT2D eigenvalue weighted by Crippen LogP contribution is 2.15. The average molecular weight is 495 g/mol. The molecular weight excluding hydrogens is 470 g/mol. The maximum Gasteiger partial charge on any atom is 0.194 e. The topological polar surface area (TPSA) is 41.8 Å². The lowest BCUT2D eigenvalue weighted by Crippen LogP contribution is -2.38. The highest BCUT2D eigenvalue weighted by Gasteiger charge is 2.10. The van der Waals surface area contributed by atoms with Crippen LogP contribution in [0.15, 0.2) is 35.5 Å². The zero-order valence-electron chi connectivity index (χ0n) is 15.4. The summed E-state index contributed by atoms with van der Waals surface area (Å²) in [5, 5.41) is 4.00. The number of aromatic nitrogens is 1. The summed E-state index contributed by atoms with van der Waals surface area (Å²) in [6, 6.07) is 6.95.